The number of benzene rings is 3. The maximum Gasteiger partial charge on any atom is 0.227 e. The van der Waals surface area contributed by atoms with Gasteiger partial charge in [0, 0.05) is 22.7 Å². The zero-order valence-corrected chi connectivity index (χ0v) is 18.8. The van der Waals surface area contributed by atoms with Crippen LogP contribution in [0.4, 0.5) is 14.5 Å². The van der Waals surface area contributed by atoms with E-state index in [0.29, 0.717) is 39.2 Å². The summed E-state index contributed by atoms with van der Waals surface area (Å²) in [5.41, 5.74) is 4.42. The summed E-state index contributed by atoms with van der Waals surface area (Å²) in [7, 11) is 2.06. The third-order valence-electron chi connectivity index (χ3n) is 6.26. The van der Waals surface area contributed by atoms with Gasteiger partial charge in [-0.2, -0.15) is 0 Å². The second kappa shape index (κ2) is 9.27. The van der Waals surface area contributed by atoms with E-state index >= 15 is 0 Å². The second-order valence-corrected chi connectivity index (χ2v) is 8.70. The van der Waals surface area contributed by atoms with Gasteiger partial charge < -0.3 is 10.2 Å². The molecule has 5 rings (SSSR count). The van der Waals surface area contributed by atoms with Crippen LogP contribution in [-0.2, 0) is 4.79 Å². The van der Waals surface area contributed by atoms with Gasteiger partial charge in [0.15, 0.2) is 0 Å². The first-order valence-corrected chi connectivity index (χ1v) is 11.3. The Balaban J connectivity index is 1.53. The predicted molar refractivity (Wildman–Crippen MR) is 129 cm³/mol. The molecule has 7 heteroatoms. The fraction of sp³-hybridized carbons (Fsp3) is 0.222. The van der Waals surface area contributed by atoms with E-state index in [-0.39, 0.29) is 23.5 Å². The lowest BCUT2D eigenvalue weighted by Gasteiger charge is -2.28. The number of likely N-dealkylation sites (tertiary alicyclic amines) is 1. The summed E-state index contributed by atoms with van der Waals surface area (Å²) >= 11 is 0. The van der Waals surface area contributed by atoms with Crippen molar-refractivity contribution in [2.75, 3.05) is 25.5 Å². The van der Waals surface area contributed by atoms with Crippen LogP contribution in [0.25, 0.3) is 33.5 Å². The van der Waals surface area contributed by atoms with E-state index in [4.69, 9.17) is 9.97 Å². The number of nitrogens with one attached hydrogen (secondary N) is 1. The fourth-order valence-corrected chi connectivity index (χ4v) is 4.27. The van der Waals surface area contributed by atoms with Gasteiger partial charge in [0.1, 0.15) is 11.6 Å². The average Bonchev–Trinajstić information content (AvgIpc) is 2.84. The Morgan fingerprint density at radius 2 is 1.35 bits per heavy atom. The van der Waals surface area contributed by atoms with E-state index in [1.165, 1.54) is 24.3 Å². The van der Waals surface area contributed by atoms with E-state index in [0.717, 1.165) is 25.9 Å². The first-order valence-electron chi connectivity index (χ1n) is 11.3. The molecule has 172 valence electrons. The molecule has 5 nitrogen and oxygen atoms in total. The molecule has 1 saturated heterocycles. The molecule has 2 heterocycles. The number of carbonyl (C=O) groups is 1. The molecule has 1 aromatic heterocycles. The summed E-state index contributed by atoms with van der Waals surface area (Å²) in [5, 5.41) is 3.02. The third kappa shape index (κ3) is 4.65. The smallest absolute Gasteiger partial charge is 0.227 e. The lowest BCUT2D eigenvalue weighted by Crippen LogP contribution is -2.35. The highest BCUT2D eigenvalue weighted by molar-refractivity contribution is 5.95. The van der Waals surface area contributed by atoms with Crippen molar-refractivity contribution in [2.24, 2.45) is 5.92 Å². The van der Waals surface area contributed by atoms with E-state index in [2.05, 4.69) is 17.3 Å². The van der Waals surface area contributed by atoms with Crippen LogP contribution in [-0.4, -0.2) is 40.9 Å². The Hall–Kier alpha value is -3.71. The van der Waals surface area contributed by atoms with Crippen LogP contribution < -0.4 is 5.32 Å². The number of fused-ring (bicyclic) bond motifs is 1. The molecule has 0 spiro atoms. The van der Waals surface area contributed by atoms with E-state index in [1.807, 2.05) is 12.1 Å². The van der Waals surface area contributed by atoms with Crippen molar-refractivity contribution in [1.29, 1.82) is 0 Å². The molecule has 0 unspecified atom stereocenters. The Morgan fingerprint density at radius 3 is 1.91 bits per heavy atom. The zero-order chi connectivity index (χ0) is 23.7. The van der Waals surface area contributed by atoms with Crippen LogP contribution in [0.5, 0.6) is 0 Å². The lowest BCUT2D eigenvalue weighted by atomic mass is 9.96. The maximum atomic E-state index is 13.6. The molecule has 0 aliphatic carbocycles. The predicted octanol–water partition coefficient (Wildman–Crippen LogP) is 5.52. The lowest BCUT2D eigenvalue weighted by molar-refractivity contribution is -0.121. The highest BCUT2D eigenvalue weighted by atomic mass is 19.1. The Kier molecular flexibility index (Phi) is 6.02. The molecule has 0 bridgehead atoms. The van der Waals surface area contributed by atoms with E-state index in [9.17, 15) is 13.6 Å². The maximum absolute atomic E-state index is 13.6. The van der Waals surface area contributed by atoms with Crippen molar-refractivity contribution < 1.29 is 13.6 Å². The summed E-state index contributed by atoms with van der Waals surface area (Å²) in [4.78, 5) is 24.6. The quantitative estimate of drug-likeness (QED) is 0.437. The molecule has 4 aromatic rings. The number of halogens is 2. The van der Waals surface area contributed by atoms with Gasteiger partial charge in [-0.1, -0.05) is 0 Å². The molecule has 0 radical (unpaired) electrons. The van der Waals surface area contributed by atoms with Crippen LogP contribution in [0.15, 0.2) is 66.7 Å². The van der Waals surface area contributed by atoms with Crippen LogP contribution in [0.1, 0.15) is 12.8 Å². The molecule has 1 amide bonds. The highest BCUT2D eigenvalue weighted by Gasteiger charge is 2.23. The van der Waals surface area contributed by atoms with Crippen molar-refractivity contribution in [3.63, 3.8) is 0 Å². The highest BCUT2D eigenvalue weighted by Crippen LogP contribution is 2.32. The molecule has 1 aliphatic heterocycles. The second-order valence-electron chi connectivity index (χ2n) is 8.70. The number of rotatable bonds is 4. The van der Waals surface area contributed by atoms with Crippen molar-refractivity contribution in [2.45, 2.75) is 12.8 Å². The molecule has 3 aromatic carbocycles. The Bertz CT molecular complexity index is 1330. The van der Waals surface area contributed by atoms with Gasteiger partial charge in [0.05, 0.1) is 22.4 Å². The van der Waals surface area contributed by atoms with Crippen molar-refractivity contribution in [3.8, 4) is 22.5 Å². The topological polar surface area (TPSA) is 58.1 Å². The molecular formula is C27H24F2N4O. The first-order chi connectivity index (χ1) is 16.5. The summed E-state index contributed by atoms with van der Waals surface area (Å²) in [5.74, 6) is -0.679. The van der Waals surface area contributed by atoms with Crippen LogP contribution >= 0.6 is 0 Å². The van der Waals surface area contributed by atoms with Crippen LogP contribution in [0.3, 0.4) is 0 Å². The minimum Gasteiger partial charge on any atom is -0.326 e. The van der Waals surface area contributed by atoms with E-state index in [1.54, 1.807) is 30.3 Å². The van der Waals surface area contributed by atoms with Gasteiger partial charge >= 0.3 is 0 Å². The number of nitrogens with zero attached hydrogens (tertiary/aromatic N) is 3. The molecule has 0 saturated carbocycles. The molecule has 1 aliphatic rings. The number of hydrogen-bond acceptors (Lipinski definition) is 4. The fourth-order valence-electron chi connectivity index (χ4n) is 4.27. The molecular weight excluding hydrogens is 434 g/mol. The summed E-state index contributed by atoms with van der Waals surface area (Å²) in [6, 6.07) is 17.5. The minimum atomic E-state index is -0.347. The summed E-state index contributed by atoms with van der Waals surface area (Å²) < 4.78 is 27.1. The zero-order valence-electron chi connectivity index (χ0n) is 18.8. The van der Waals surface area contributed by atoms with Crippen LogP contribution in [0, 0.1) is 17.6 Å². The number of piperidine rings is 1. The summed E-state index contributed by atoms with van der Waals surface area (Å²) in [6.07, 6.45) is 1.68. The number of amides is 1. The van der Waals surface area contributed by atoms with Crippen molar-refractivity contribution in [1.82, 2.24) is 14.9 Å². The number of anilines is 1. The number of carbonyl (C=O) groups excluding carboxylic acids is 1. The standard InChI is InChI=1S/C27H24F2N4O/c1-33-14-12-19(13-15-33)27(34)30-22-10-11-23-24(16-22)32-26(18-4-8-21(29)9-5-18)25(31-23)17-2-6-20(28)7-3-17/h2-11,16,19H,12-15H2,1H3,(H,30,34). The molecule has 34 heavy (non-hydrogen) atoms. The molecule has 0 atom stereocenters. The van der Waals surface area contributed by atoms with Crippen molar-refractivity contribution in [3.05, 3.63) is 78.4 Å². The summed E-state index contributed by atoms with van der Waals surface area (Å²) in [6.45, 7) is 1.82. The molecule has 1 N–H and O–H groups in total. The van der Waals surface area contributed by atoms with Gasteiger partial charge in [-0.25, -0.2) is 18.7 Å². The van der Waals surface area contributed by atoms with Gasteiger partial charge in [0.2, 0.25) is 5.91 Å². The number of aromatic nitrogens is 2. The van der Waals surface area contributed by atoms with E-state index < -0.39 is 0 Å². The van der Waals surface area contributed by atoms with Gasteiger partial charge in [-0.3, -0.25) is 4.79 Å². The Labute approximate surface area is 196 Å². The largest absolute Gasteiger partial charge is 0.326 e. The first kappa shape index (κ1) is 22.1. The molecule has 1 fully saturated rings. The average molecular weight is 459 g/mol. The SMILES string of the molecule is CN1CCC(C(=O)Nc2ccc3nc(-c4ccc(F)cc4)c(-c4ccc(F)cc4)nc3c2)CC1. The number of hydrogen-bond donors (Lipinski definition) is 1. The Morgan fingerprint density at radius 1 is 0.824 bits per heavy atom. The van der Waals surface area contributed by atoms with Gasteiger partial charge in [-0.15, -0.1) is 0 Å². The minimum absolute atomic E-state index is 0.00592. The van der Waals surface area contributed by atoms with Gasteiger partial charge in [-0.05, 0) is 99.7 Å². The van der Waals surface area contributed by atoms with Crippen molar-refractivity contribution >= 4 is 22.6 Å². The monoisotopic (exact) mass is 458 g/mol. The van der Waals surface area contributed by atoms with Crippen LogP contribution in [0.2, 0.25) is 0 Å². The third-order valence-corrected chi connectivity index (χ3v) is 6.26. The van der Waals surface area contributed by atoms with Gasteiger partial charge in [0.25, 0.3) is 0 Å². The normalized spacial score (nSPS) is 14.9.